The number of benzene rings is 2. The predicted molar refractivity (Wildman–Crippen MR) is 79.9 cm³/mol. The summed E-state index contributed by atoms with van der Waals surface area (Å²) >= 11 is 5.93. The van der Waals surface area contributed by atoms with Gasteiger partial charge in [0.25, 0.3) is 0 Å². The summed E-state index contributed by atoms with van der Waals surface area (Å²) in [6.45, 7) is 0. The molecule has 0 atom stereocenters. The van der Waals surface area contributed by atoms with Crippen molar-refractivity contribution in [1.29, 1.82) is 0 Å². The molecule has 102 valence electrons. The predicted octanol–water partition coefficient (Wildman–Crippen LogP) is 2.94. The third-order valence-corrected chi connectivity index (χ3v) is 3.09. The van der Waals surface area contributed by atoms with E-state index in [4.69, 9.17) is 11.6 Å². The van der Waals surface area contributed by atoms with Crippen molar-refractivity contribution in [2.45, 2.75) is 0 Å². The van der Waals surface area contributed by atoms with Crippen LogP contribution >= 0.6 is 11.6 Å². The van der Waals surface area contributed by atoms with Crippen LogP contribution in [0.4, 0.5) is 11.4 Å². The lowest BCUT2D eigenvalue weighted by Gasteiger charge is -2.16. The average molecular weight is 289 g/mol. The first-order chi connectivity index (χ1) is 9.59. The molecule has 0 aliphatic carbocycles. The second kappa shape index (κ2) is 6.21. The SMILES string of the molecule is CN(C(=O)C(=O)Nc1ccccc1Cl)c1ccccc1. The number of nitrogens with zero attached hydrogens (tertiary/aromatic N) is 1. The zero-order chi connectivity index (χ0) is 14.5. The number of para-hydroxylation sites is 2. The first kappa shape index (κ1) is 14.1. The minimum absolute atomic E-state index is 0.385. The molecule has 0 aliphatic rings. The van der Waals surface area contributed by atoms with Crippen LogP contribution in [0.15, 0.2) is 54.6 Å². The van der Waals surface area contributed by atoms with Gasteiger partial charge in [-0.1, -0.05) is 41.9 Å². The highest BCUT2D eigenvalue weighted by Gasteiger charge is 2.20. The summed E-state index contributed by atoms with van der Waals surface area (Å²) in [5.74, 6) is -1.39. The van der Waals surface area contributed by atoms with Gasteiger partial charge >= 0.3 is 11.8 Å². The maximum absolute atomic E-state index is 12.0. The number of hydrogen-bond donors (Lipinski definition) is 1. The van der Waals surface area contributed by atoms with Crippen LogP contribution in [-0.2, 0) is 9.59 Å². The van der Waals surface area contributed by atoms with E-state index >= 15 is 0 Å². The molecule has 0 aliphatic heterocycles. The Labute approximate surface area is 122 Å². The van der Waals surface area contributed by atoms with Gasteiger partial charge in [0.2, 0.25) is 0 Å². The van der Waals surface area contributed by atoms with Crippen LogP contribution < -0.4 is 10.2 Å². The topological polar surface area (TPSA) is 49.4 Å². The normalized spacial score (nSPS) is 9.90. The second-order valence-corrected chi connectivity index (χ2v) is 4.54. The van der Waals surface area contributed by atoms with E-state index in [9.17, 15) is 9.59 Å². The maximum Gasteiger partial charge on any atom is 0.316 e. The lowest BCUT2D eigenvalue weighted by atomic mass is 10.3. The van der Waals surface area contributed by atoms with E-state index in [2.05, 4.69) is 5.32 Å². The largest absolute Gasteiger partial charge is 0.316 e. The molecule has 0 saturated carbocycles. The summed E-state index contributed by atoms with van der Waals surface area (Å²) in [7, 11) is 1.55. The Hall–Kier alpha value is -2.33. The van der Waals surface area contributed by atoms with Crippen molar-refractivity contribution in [3.05, 3.63) is 59.6 Å². The Kier molecular flexibility index (Phi) is 4.38. The van der Waals surface area contributed by atoms with Crippen molar-refractivity contribution < 1.29 is 9.59 Å². The van der Waals surface area contributed by atoms with Gasteiger partial charge in [-0.25, -0.2) is 0 Å². The lowest BCUT2D eigenvalue weighted by Crippen LogP contribution is -2.37. The standard InChI is InChI=1S/C15H13ClN2O2/c1-18(11-7-3-2-4-8-11)15(20)14(19)17-13-10-6-5-9-12(13)16/h2-10H,1H3,(H,17,19). The summed E-state index contributed by atoms with van der Waals surface area (Å²) in [5, 5.41) is 2.88. The zero-order valence-corrected chi connectivity index (χ0v) is 11.6. The molecule has 0 spiro atoms. The van der Waals surface area contributed by atoms with Crippen LogP contribution in [-0.4, -0.2) is 18.9 Å². The van der Waals surface area contributed by atoms with Crippen molar-refractivity contribution in [3.63, 3.8) is 0 Å². The van der Waals surface area contributed by atoms with Crippen LogP contribution in [0, 0.1) is 0 Å². The van der Waals surface area contributed by atoms with Crippen molar-refractivity contribution in [3.8, 4) is 0 Å². The van der Waals surface area contributed by atoms with Crippen LogP contribution in [0.2, 0.25) is 5.02 Å². The number of rotatable bonds is 2. The number of likely N-dealkylation sites (N-methyl/N-ethyl adjacent to an activating group) is 1. The van der Waals surface area contributed by atoms with E-state index in [1.807, 2.05) is 6.07 Å². The van der Waals surface area contributed by atoms with Crippen LogP contribution in [0.25, 0.3) is 0 Å². The Bertz CT molecular complexity index is 629. The molecule has 5 heteroatoms. The second-order valence-electron chi connectivity index (χ2n) is 4.13. The minimum atomic E-state index is -0.732. The van der Waals surface area contributed by atoms with Gasteiger partial charge in [-0.05, 0) is 24.3 Å². The van der Waals surface area contributed by atoms with E-state index in [0.29, 0.717) is 16.4 Å². The fourth-order valence-electron chi connectivity index (χ4n) is 1.66. The molecule has 0 fully saturated rings. The molecule has 0 aromatic heterocycles. The van der Waals surface area contributed by atoms with Gasteiger partial charge in [0.05, 0.1) is 10.7 Å². The van der Waals surface area contributed by atoms with Gasteiger partial charge in [0, 0.05) is 12.7 Å². The first-order valence-electron chi connectivity index (χ1n) is 5.98. The Morgan fingerprint density at radius 3 is 2.25 bits per heavy atom. The molecular formula is C15H13ClN2O2. The summed E-state index contributed by atoms with van der Waals surface area (Å²) in [6, 6.07) is 15.7. The van der Waals surface area contributed by atoms with Gasteiger partial charge in [-0.15, -0.1) is 0 Å². The van der Waals surface area contributed by atoms with E-state index in [1.54, 1.807) is 55.6 Å². The maximum atomic E-state index is 12.0. The number of carbonyl (C=O) groups excluding carboxylic acids is 2. The highest BCUT2D eigenvalue weighted by atomic mass is 35.5. The van der Waals surface area contributed by atoms with E-state index in [1.165, 1.54) is 4.90 Å². The molecule has 4 nitrogen and oxygen atoms in total. The van der Waals surface area contributed by atoms with Gasteiger partial charge in [0.15, 0.2) is 0 Å². The molecule has 0 heterocycles. The Balaban J connectivity index is 2.10. The first-order valence-corrected chi connectivity index (χ1v) is 6.36. The van der Waals surface area contributed by atoms with Crippen molar-refractivity contribution >= 4 is 34.8 Å². The smallest absolute Gasteiger partial charge is 0.316 e. The van der Waals surface area contributed by atoms with E-state index in [0.717, 1.165) is 0 Å². The quantitative estimate of drug-likeness (QED) is 0.864. The molecule has 20 heavy (non-hydrogen) atoms. The van der Waals surface area contributed by atoms with Crippen molar-refractivity contribution in [2.24, 2.45) is 0 Å². The average Bonchev–Trinajstić information content (AvgIpc) is 2.49. The number of halogens is 1. The molecule has 0 saturated heterocycles. The fourth-order valence-corrected chi connectivity index (χ4v) is 1.84. The summed E-state index contributed by atoms with van der Waals surface area (Å²) < 4.78 is 0. The molecule has 0 bridgehead atoms. The van der Waals surface area contributed by atoms with E-state index < -0.39 is 11.8 Å². The molecule has 0 radical (unpaired) electrons. The highest BCUT2D eigenvalue weighted by molar-refractivity contribution is 6.45. The number of nitrogens with one attached hydrogen (secondary N) is 1. The fraction of sp³-hybridized carbons (Fsp3) is 0.0667. The third-order valence-electron chi connectivity index (χ3n) is 2.76. The number of carbonyl (C=O) groups is 2. The Morgan fingerprint density at radius 1 is 1.00 bits per heavy atom. The summed E-state index contributed by atoms with van der Waals surface area (Å²) in [4.78, 5) is 25.2. The molecule has 2 rings (SSSR count). The van der Waals surface area contributed by atoms with Gasteiger partial charge < -0.3 is 10.2 Å². The van der Waals surface area contributed by atoms with Crippen LogP contribution in [0.5, 0.6) is 0 Å². The molecular weight excluding hydrogens is 276 g/mol. The highest BCUT2D eigenvalue weighted by Crippen LogP contribution is 2.20. The molecule has 2 aromatic rings. The van der Waals surface area contributed by atoms with Gasteiger partial charge in [0.1, 0.15) is 0 Å². The van der Waals surface area contributed by atoms with Gasteiger partial charge in [-0.2, -0.15) is 0 Å². The third kappa shape index (κ3) is 3.16. The summed E-state index contributed by atoms with van der Waals surface area (Å²) in [5.41, 5.74) is 1.06. The monoisotopic (exact) mass is 288 g/mol. The zero-order valence-electron chi connectivity index (χ0n) is 10.8. The minimum Gasteiger partial charge on any atom is -0.316 e. The van der Waals surface area contributed by atoms with Crippen molar-refractivity contribution in [2.75, 3.05) is 17.3 Å². The molecule has 0 unspecified atom stereocenters. The lowest BCUT2D eigenvalue weighted by molar-refractivity contribution is -0.134. The number of anilines is 2. The van der Waals surface area contributed by atoms with Crippen LogP contribution in [0.3, 0.4) is 0 Å². The molecule has 1 N–H and O–H groups in total. The number of hydrogen-bond acceptors (Lipinski definition) is 2. The number of amides is 2. The summed E-state index contributed by atoms with van der Waals surface area (Å²) in [6.07, 6.45) is 0. The van der Waals surface area contributed by atoms with Crippen LogP contribution in [0.1, 0.15) is 0 Å². The van der Waals surface area contributed by atoms with E-state index in [-0.39, 0.29) is 0 Å². The Morgan fingerprint density at radius 2 is 1.60 bits per heavy atom. The molecule has 2 aromatic carbocycles. The van der Waals surface area contributed by atoms with Gasteiger partial charge in [-0.3, -0.25) is 9.59 Å². The molecule has 2 amide bonds. The van der Waals surface area contributed by atoms with Crippen molar-refractivity contribution in [1.82, 2.24) is 0 Å².